The van der Waals surface area contributed by atoms with Gasteiger partial charge in [-0.2, -0.15) is 4.98 Å². The number of carbonyl (C=O) groups is 1. The second kappa shape index (κ2) is 7.32. The van der Waals surface area contributed by atoms with Gasteiger partial charge in [-0.1, -0.05) is 17.3 Å². The standard InChI is InChI=1S/C16H20N4O4S/c1-12-18-15(19-24-12)10-17-16(21)14-4-2-13(3-5-14)11-20-6-8-25(22,23)9-7-20/h2-5H,6-11H2,1H3,(H,17,21). The SMILES string of the molecule is Cc1nc(CNC(=O)c2ccc(CN3CCS(=O)(=O)CC3)cc2)no1. The van der Waals surface area contributed by atoms with Crippen molar-refractivity contribution in [3.63, 3.8) is 0 Å². The molecule has 0 aliphatic carbocycles. The van der Waals surface area contributed by atoms with Crippen molar-refractivity contribution in [2.75, 3.05) is 24.6 Å². The van der Waals surface area contributed by atoms with Crippen molar-refractivity contribution in [2.45, 2.75) is 20.0 Å². The van der Waals surface area contributed by atoms with Gasteiger partial charge in [-0.15, -0.1) is 0 Å². The fourth-order valence-electron chi connectivity index (χ4n) is 2.60. The van der Waals surface area contributed by atoms with Crippen molar-refractivity contribution < 1.29 is 17.7 Å². The van der Waals surface area contributed by atoms with Gasteiger partial charge in [0.15, 0.2) is 15.7 Å². The van der Waals surface area contributed by atoms with Gasteiger partial charge in [0.1, 0.15) is 0 Å². The number of hydrogen-bond acceptors (Lipinski definition) is 7. The number of carbonyl (C=O) groups excluding carboxylic acids is 1. The molecule has 8 nitrogen and oxygen atoms in total. The van der Waals surface area contributed by atoms with Crippen LogP contribution in [0.4, 0.5) is 0 Å². The average molecular weight is 364 g/mol. The largest absolute Gasteiger partial charge is 0.345 e. The Kier molecular flexibility index (Phi) is 5.14. The summed E-state index contributed by atoms with van der Waals surface area (Å²) in [5.74, 6) is 1.10. The Morgan fingerprint density at radius 3 is 2.52 bits per heavy atom. The third-order valence-electron chi connectivity index (χ3n) is 4.04. The van der Waals surface area contributed by atoms with Crippen molar-refractivity contribution >= 4 is 15.7 Å². The molecule has 2 aromatic rings. The summed E-state index contributed by atoms with van der Waals surface area (Å²) >= 11 is 0. The van der Waals surface area contributed by atoms with Gasteiger partial charge in [0.25, 0.3) is 5.91 Å². The van der Waals surface area contributed by atoms with Gasteiger partial charge in [0.05, 0.1) is 18.1 Å². The first kappa shape index (κ1) is 17.6. The number of amides is 1. The Hall–Kier alpha value is -2.26. The monoisotopic (exact) mass is 364 g/mol. The molecule has 0 atom stereocenters. The molecule has 0 saturated carbocycles. The molecule has 0 unspecified atom stereocenters. The van der Waals surface area contributed by atoms with E-state index in [0.717, 1.165) is 5.56 Å². The Balaban J connectivity index is 1.52. The highest BCUT2D eigenvalue weighted by Gasteiger charge is 2.21. The van der Waals surface area contributed by atoms with Crippen LogP contribution in [0.5, 0.6) is 0 Å². The minimum Gasteiger partial charge on any atom is -0.345 e. The maximum absolute atomic E-state index is 12.1. The summed E-state index contributed by atoms with van der Waals surface area (Å²) in [4.78, 5) is 18.3. The maximum Gasteiger partial charge on any atom is 0.251 e. The predicted molar refractivity (Wildman–Crippen MR) is 90.6 cm³/mol. The number of sulfone groups is 1. The van der Waals surface area contributed by atoms with E-state index in [0.29, 0.717) is 36.9 Å². The molecule has 2 heterocycles. The van der Waals surface area contributed by atoms with Gasteiger partial charge in [-0.25, -0.2) is 8.42 Å². The van der Waals surface area contributed by atoms with Gasteiger partial charge in [0, 0.05) is 32.1 Å². The number of benzene rings is 1. The number of nitrogens with zero attached hydrogens (tertiary/aromatic N) is 3. The fraction of sp³-hybridized carbons (Fsp3) is 0.438. The maximum atomic E-state index is 12.1. The van der Waals surface area contributed by atoms with E-state index in [2.05, 4.69) is 20.4 Å². The van der Waals surface area contributed by atoms with Crippen molar-refractivity contribution in [3.05, 3.63) is 47.1 Å². The van der Waals surface area contributed by atoms with Crippen LogP contribution in [0.3, 0.4) is 0 Å². The van der Waals surface area contributed by atoms with Crippen LogP contribution in [0.1, 0.15) is 27.6 Å². The zero-order valence-electron chi connectivity index (χ0n) is 13.9. The Morgan fingerprint density at radius 1 is 1.24 bits per heavy atom. The van der Waals surface area contributed by atoms with Crippen molar-refractivity contribution in [3.8, 4) is 0 Å². The van der Waals surface area contributed by atoms with E-state index in [1.54, 1.807) is 19.1 Å². The first-order chi connectivity index (χ1) is 11.9. The molecule has 1 N–H and O–H groups in total. The highest BCUT2D eigenvalue weighted by molar-refractivity contribution is 7.91. The van der Waals surface area contributed by atoms with Crippen LogP contribution < -0.4 is 5.32 Å². The minimum atomic E-state index is -2.87. The molecule has 1 fully saturated rings. The molecule has 0 spiro atoms. The van der Waals surface area contributed by atoms with Crippen molar-refractivity contribution in [1.82, 2.24) is 20.4 Å². The lowest BCUT2D eigenvalue weighted by atomic mass is 10.1. The molecule has 1 aliphatic heterocycles. The molecular formula is C16H20N4O4S. The number of nitrogens with one attached hydrogen (secondary N) is 1. The molecule has 1 aliphatic rings. The summed E-state index contributed by atoms with van der Waals surface area (Å²) in [7, 11) is -2.87. The van der Waals surface area contributed by atoms with Gasteiger partial charge in [-0.3, -0.25) is 9.69 Å². The summed E-state index contributed by atoms with van der Waals surface area (Å²) in [6.07, 6.45) is 0. The Morgan fingerprint density at radius 2 is 1.92 bits per heavy atom. The molecule has 0 bridgehead atoms. The summed E-state index contributed by atoms with van der Waals surface area (Å²) in [6.45, 7) is 3.68. The zero-order chi connectivity index (χ0) is 17.9. The van der Waals surface area contributed by atoms with Crippen molar-refractivity contribution in [2.24, 2.45) is 0 Å². The van der Waals surface area contributed by atoms with Crippen LogP contribution in [-0.4, -0.2) is 54.0 Å². The second-order valence-corrected chi connectivity index (χ2v) is 8.34. The normalized spacial score (nSPS) is 17.3. The Labute approximate surface area is 146 Å². The van der Waals surface area contributed by atoms with E-state index < -0.39 is 9.84 Å². The number of aryl methyl sites for hydroxylation is 1. The molecule has 9 heteroatoms. The van der Waals surface area contributed by atoms with Crippen molar-refractivity contribution in [1.29, 1.82) is 0 Å². The summed E-state index contributed by atoms with van der Waals surface area (Å²) in [5.41, 5.74) is 1.59. The predicted octanol–water partition coefficient (Wildman–Crippen LogP) is 0.538. The molecule has 1 saturated heterocycles. The smallest absolute Gasteiger partial charge is 0.251 e. The van der Waals surface area contributed by atoms with E-state index in [1.807, 2.05) is 12.1 Å². The van der Waals surface area contributed by atoms with E-state index in [9.17, 15) is 13.2 Å². The minimum absolute atomic E-state index is 0.209. The van der Waals surface area contributed by atoms with Gasteiger partial charge >= 0.3 is 0 Å². The quantitative estimate of drug-likeness (QED) is 0.825. The van der Waals surface area contributed by atoms with Gasteiger partial charge in [-0.05, 0) is 17.7 Å². The summed E-state index contributed by atoms with van der Waals surface area (Å²) in [6, 6.07) is 7.28. The third kappa shape index (κ3) is 4.86. The fourth-order valence-corrected chi connectivity index (χ4v) is 3.88. The van der Waals surface area contributed by atoms with E-state index in [1.165, 1.54) is 0 Å². The number of aromatic nitrogens is 2. The highest BCUT2D eigenvalue weighted by atomic mass is 32.2. The summed E-state index contributed by atoms with van der Waals surface area (Å²) < 4.78 is 27.7. The molecular weight excluding hydrogens is 344 g/mol. The highest BCUT2D eigenvalue weighted by Crippen LogP contribution is 2.11. The molecule has 1 amide bonds. The lowest BCUT2D eigenvalue weighted by molar-refractivity contribution is 0.0949. The number of rotatable bonds is 5. The number of hydrogen-bond donors (Lipinski definition) is 1. The van der Waals surface area contributed by atoms with Crippen LogP contribution in [0.15, 0.2) is 28.8 Å². The first-order valence-electron chi connectivity index (χ1n) is 8.00. The topological polar surface area (TPSA) is 105 Å². The molecule has 1 aromatic heterocycles. The van der Waals surface area contributed by atoms with E-state index >= 15 is 0 Å². The molecule has 134 valence electrons. The third-order valence-corrected chi connectivity index (χ3v) is 5.65. The molecule has 25 heavy (non-hydrogen) atoms. The van der Waals surface area contributed by atoms with Crippen LogP contribution in [0.2, 0.25) is 0 Å². The van der Waals surface area contributed by atoms with Crippen LogP contribution >= 0.6 is 0 Å². The molecule has 3 rings (SSSR count). The van der Waals surface area contributed by atoms with Crippen LogP contribution in [-0.2, 0) is 22.9 Å². The van der Waals surface area contributed by atoms with E-state index in [-0.39, 0.29) is 24.0 Å². The second-order valence-electron chi connectivity index (χ2n) is 6.04. The Bertz CT molecular complexity index is 831. The van der Waals surface area contributed by atoms with Crippen LogP contribution in [0.25, 0.3) is 0 Å². The molecule has 1 aromatic carbocycles. The van der Waals surface area contributed by atoms with E-state index in [4.69, 9.17) is 4.52 Å². The molecule has 0 radical (unpaired) electrons. The lowest BCUT2D eigenvalue weighted by Gasteiger charge is -2.26. The van der Waals surface area contributed by atoms with Gasteiger partial charge < -0.3 is 9.84 Å². The zero-order valence-corrected chi connectivity index (χ0v) is 14.8. The van der Waals surface area contributed by atoms with Gasteiger partial charge in [0.2, 0.25) is 5.89 Å². The van der Waals surface area contributed by atoms with Crippen LogP contribution in [0, 0.1) is 6.92 Å². The first-order valence-corrected chi connectivity index (χ1v) is 9.82. The average Bonchev–Trinajstić information content (AvgIpc) is 3.01. The lowest BCUT2D eigenvalue weighted by Crippen LogP contribution is -2.39. The summed E-state index contributed by atoms with van der Waals surface area (Å²) in [5, 5.41) is 6.46.